The molecule has 0 bridgehead atoms. The molecule has 0 unspecified atom stereocenters. The molecule has 0 saturated heterocycles. The van der Waals surface area contributed by atoms with Gasteiger partial charge in [-0.1, -0.05) is 5.57 Å². The number of carbonyl (C=O) groups is 1. The van der Waals surface area contributed by atoms with Gasteiger partial charge in [0, 0.05) is 19.4 Å². The van der Waals surface area contributed by atoms with E-state index in [1.807, 2.05) is 0 Å². The number of carbonyl (C=O) groups excluding carboxylic acids is 1. The summed E-state index contributed by atoms with van der Waals surface area (Å²) in [6.45, 7) is 2.96. The third-order valence-corrected chi connectivity index (χ3v) is 2.77. The highest BCUT2D eigenvalue weighted by Crippen LogP contribution is 2.35. The molecule has 0 aromatic carbocycles. The normalized spacial score (nSPS) is 16.0. The van der Waals surface area contributed by atoms with Gasteiger partial charge < -0.3 is 15.7 Å². The number of allylic oxidation sites excluding steroid dienone is 1. The Kier molecular flexibility index (Phi) is 5.93. The first-order valence-electron chi connectivity index (χ1n) is 6.06. The Hall–Kier alpha value is -1.03. The minimum absolute atomic E-state index is 0.135. The number of nitrogens with one attached hydrogen (secondary N) is 2. The summed E-state index contributed by atoms with van der Waals surface area (Å²) in [6, 6.07) is -0.135. The van der Waals surface area contributed by atoms with E-state index in [1.165, 1.54) is 18.4 Å². The maximum Gasteiger partial charge on any atom is 0.318 e. The van der Waals surface area contributed by atoms with Crippen molar-refractivity contribution in [2.75, 3.05) is 13.2 Å². The molecule has 0 aliphatic heterocycles. The summed E-state index contributed by atoms with van der Waals surface area (Å²) in [5, 5.41) is 14.1. The molecule has 2 amide bonds. The Morgan fingerprint density at radius 3 is 2.75 bits per heavy atom. The highest BCUT2D eigenvalue weighted by atomic mass is 16.2. The van der Waals surface area contributed by atoms with Crippen LogP contribution in [-0.4, -0.2) is 24.3 Å². The van der Waals surface area contributed by atoms with Crippen LogP contribution in [0.3, 0.4) is 0 Å². The number of unbranched alkanes of at least 4 members (excludes halogenated alkanes) is 2. The Bertz CT molecular complexity index is 247. The van der Waals surface area contributed by atoms with Crippen LogP contribution in [0, 0.1) is 5.92 Å². The van der Waals surface area contributed by atoms with Crippen molar-refractivity contribution in [1.82, 2.24) is 10.6 Å². The zero-order valence-corrected chi connectivity index (χ0v) is 9.96. The van der Waals surface area contributed by atoms with Crippen LogP contribution in [0.4, 0.5) is 4.79 Å². The molecule has 0 aromatic rings. The lowest BCUT2D eigenvalue weighted by Gasteiger charge is -2.05. The average molecular weight is 226 g/mol. The van der Waals surface area contributed by atoms with Crippen molar-refractivity contribution in [2.45, 2.75) is 39.0 Å². The van der Waals surface area contributed by atoms with Gasteiger partial charge in [0.25, 0.3) is 0 Å². The van der Waals surface area contributed by atoms with Crippen LogP contribution >= 0.6 is 0 Å². The summed E-state index contributed by atoms with van der Waals surface area (Å²) in [5.41, 5.74) is 1.26. The minimum Gasteiger partial charge on any atom is -0.396 e. The van der Waals surface area contributed by atoms with E-state index in [-0.39, 0.29) is 12.6 Å². The number of urea groups is 1. The predicted octanol–water partition coefficient (Wildman–Crippen LogP) is 1.76. The maximum atomic E-state index is 11.3. The number of amides is 2. The zero-order chi connectivity index (χ0) is 11.8. The van der Waals surface area contributed by atoms with Crippen LogP contribution < -0.4 is 10.6 Å². The summed E-state index contributed by atoms with van der Waals surface area (Å²) in [5.74, 6) is 0.699. The van der Waals surface area contributed by atoms with Gasteiger partial charge in [0.15, 0.2) is 0 Å². The van der Waals surface area contributed by atoms with E-state index < -0.39 is 0 Å². The van der Waals surface area contributed by atoms with Crippen molar-refractivity contribution in [3.8, 4) is 0 Å². The molecule has 1 aliphatic carbocycles. The summed E-state index contributed by atoms with van der Waals surface area (Å²) in [4.78, 5) is 11.3. The second kappa shape index (κ2) is 7.28. The van der Waals surface area contributed by atoms with Crippen molar-refractivity contribution in [3.05, 3.63) is 11.8 Å². The lowest BCUT2D eigenvalue weighted by Crippen LogP contribution is -2.33. The molecular weight excluding hydrogens is 204 g/mol. The molecule has 3 N–H and O–H groups in total. The van der Waals surface area contributed by atoms with E-state index in [9.17, 15) is 4.79 Å². The van der Waals surface area contributed by atoms with Crippen molar-refractivity contribution >= 4 is 6.03 Å². The molecule has 0 atom stereocenters. The lowest BCUT2D eigenvalue weighted by atomic mass is 10.2. The molecule has 4 heteroatoms. The minimum atomic E-state index is -0.135. The molecular formula is C12H22N2O2. The molecule has 0 radical (unpaired) electrons. The second-order valence-electron chi connectivity index (χ2n) is 4.35. The molecule has 1 rings (SSSR count). The van der Waals surface area contributed by atoms with E-state index in [4.69, 9.17) is 5.11 Å². The number of hydrogen-bond donors (Lipinski definition) is 3. The van der Waals surface area contributed by atoms with E-state index in [2.05, 4.69) is 17.6 Å². The highest BCUT2D eigenvalue weighted by Gasteiger charge is 2.22. The van der Waals surface area contributed by atoms with Crippen LogP contribution in [-0.2, 0) is 0 Å². The molecule has 0 spiro atoms. The van der Waals surface area contributed by atoms with Gasteiger partial charge in [-0.2, -0.15) is 0 Å². The standard InChI is InChI=1S/C12H22N2O2/c1-10(11-5-6-11)9-14-12(16)13-7-3-2-4-8-15/h9,11,15H,2-8H2,1H3,(H2,13,14,16)/b10-9+. The first-order chi connectivity index (χ1) is 7.74. The maximum absolute atomic E-state index is 11.3. The fraction of sp³-hybridized carbons (Fsp3) is 0.750. The van der Waals surface area contributed by atoms with Crippen LogP contribution in [0.2, 0.25) is 0 Å². The van der Waals surface area contributed by atoms with Gasteiger partial charge in [-0.05, 0) is 44.9 Å². The number of aliphatic hydroxyl groups excluding tert-OH is 1. The molecule has 1 aliphatic rings. The molecule has 1 fully saturated rings. The van der Waals surface area contributed by atoms with Gasteiger partial charge in [-0.15, -0.1) is 0 Å². The quantitative estimate of drug-likeness (QED) is 0.579. The van der Waals surface area contributed by atoms with Gasteiger partial charge in [0.1, 0.15) is 0 Å². The van der Waals surface area contributed by atoms with Gasteiger partial charge in [0.05, 0.1) is 0 Å². The largest absolute Gasteiger partial charge is 0.396 e. The van der Waals surface area contributed by atoms with Gasteiger partial charge in [-0.25, -0.2) is 4.79 Å². The van der Waals surface area contributed by atoms with Gasteiger partial charge in [0.2, 0.25) is 0 Å². The molecule has 16 heavy (non-hydrogen) atoms. The molecule has 1 saturated carbocycles. The van der Waals surface area contributed by atoms with Crippen molar-refractivity contribution < 1.29 is 9.90 Å². The predicted molar refractivity (Wildman–Crippen MR) is 64.0 cm³/mol. The lowest BCUT2D eigenvalue weighted by molar-refractivity contribution is 0.243. The third kappa shape index (κ3) is 5.75. The van der Waals surface area contributed by atoms with Crippen molar-refractivity contribution in [1.29, 1.82) is 0 Å². The van der Waals surface area contributed by atoms with Crippen molar-refractivity contribution in [2.24, 2.45) is 5.92 Å². The average Bonchev–Trinajstić information content (AvgIpc) is 3.09. The molecule has 92 valence electrons. The first kappa shape index (κ1) is 13.0. The zero-order valence-electron chi connectivity index (χ0n) is 9.96. The summed E-state index contributed by atoms with van der Waals surface area (Å²) in [6.07, 6.45) is 7.00. The summed E-state index contributed by atoms with van der Waals surface area (Å²) >= 11 is 0. The molecule has 4 nitrogen and oxygen atoms in total. The first-order valence-corrected chi connectivity index (χ1v) is 6.06. The van der Waals surface area contributed by atoms with Crippen LogP contribution in [0.5, 0.6) is 0 Å². The SMILES string of the molecule is C/C(=C\NC(=O)NCCCCCO)C1CC1. The van der Waals surface area contributed by atoms with Crippen LogP contribution in [0.25, 0.3) is 0 Å². The summed E-state index contributed by atoms with van der Waals surface area (Å²) < 4.78 is 0. The Labute approximate surface area is 97.1 Å². The topological polar surface area (TPSA) is 61.4 Å². The smallest absolute Gasteiger partial charge is 0.318 e. The number of rotatable bonds is 7. The van der Waals surface area contributed by atoms with Gasteiger partial charge in [-0.3, -0.25) is 0 Å². The fourth-order valence-electron chi connectivity index (χ4n) is 1.50. The Morgan fingerprint density at radius 1 is 1.38 bits per heavy atom. The fourth-order valence-corrected chi connectivity index (χ4v) is 1.50. The third-order valence-electron chi connectivity index (χ3n) is 2.77. The number of aliphatic hydroxyl groups is 1. The van der Waals surface area contributed by atoms with E-state index in [1.54, 1.807) is 6.20 Å². The molecule has 0 heterocycles. The second-order valence-corrected chi connectivity index (χ2v) is 4.35. The van der Waals surface area contributed by atoms with E-state index >= 15 is 0 Å². The van der Waals surface area contributed by atoms with Crippen molar-refractivity contribution in [3.63, 3.8) is 0 Å². The van der Waals surface area contributed by atoms with E-state index in [0.29, 0.717) is 12.5 Å². The monoisotopic (exact) mass is 226 g/mol. The Balaban J connectivity index is 2.00. The van der Waals surface area contributed by atoms with E-state index in [0.717, 1.165) is 19.3 Å². The highest BCUT2D eigenvalue weighted by molar-refractivity contribution is 5.74. The number of hydrogen-bond acceptors (Lipinski definition) is 2. The molecule has 0 aromatic heterocycles. The summed E-state index contributed by atoms with van der Waals surface area (Å²) in [7, 11) is 0. The Morgan fingerprint density at radius 2 is 2.12 bits per heavy atom. The van der Waals surface area contributed by atoms with Gasteiger partial charge >= 0.3 is 6.03 Å². The van der Waals surface area contributed by atoms with Crippen LogP contribution in [0.1, 0.15) is 39.0 Å². The van der Waals surface area contributed by atoms with Crippen LogP contribution in [0.15, 0.2) is 11.8 Å².